The zero-order valence-electron chi connectivity index (χ0n) is 16.5. The Bertz CT molecular complexity index is 1390. The van der Waals surface area contributed by atoms with Crippen LogP contribution in [0.1, 0.15) is 0 Å². The van der Waals surface area contributed by atoms with Crippen molar-refractivity contribution in [2.75, 3.05) is 0 Å². The van der Waals surface area contributed by atoms with Gasteiger partial charge in [0.2, 0.25) is 0 Å². The first-order valence-electron chi connectivity index (χ1n) is 8.15. The van der Waals surface area contributed by atoms with E-state index in [-0.39, 0.29) is 97.0 Å². The van der Waals surface area contributed by atoms with Gasteiger partial charge in [-0.15, -0.1) is 0 Å². The molecule has 3 aromatic rings. The number of hydrogen-bond donors (Lipinski definition) is 0. The molecule has 0 aliphatic carbocycles. The predicted molar refractivity (Wildman–Crippen MR) is 138 cm³/mol. The number of ether oxygens (including phenoxy) is 2. The molecule has 3 aromatic carbocycles. The topological polar surface area (TPSA) is 75.7 Å². The minimum absolute atomic E-state index is 0. The molecule has 0 N–H and O–H groups in total. The molecule has 0 heterocycles. The first-order chi connectivity index (χ1) is 15.7. The Kier molecular flexibility index (Phi) is 11.5. The van der Waals surface area contributed by atoms with E-state index >= 15 is 0 Å². The normalized spacial score (nSPS) is 11.3. The molecule has 5 nitrogen and oxygen atoms in total. The average Bonchev–Trinajstić information content (AvgIpc) is 2.79. The van der Waals surface area contributed by atoms with Crippen LogP contribution < -0.4 is 39.0 Å². The fourth-order valence-electron chi connectivity index (χ4n) is 2.41. The molecule has 182 valence electrons. The van der Waals surface area contributed by atoms with E-state index in [4.69, 9.17) is 125 Å². The van der Waals surface area contributed by atoms with Gasteiger partial charge in [-0.05, 0) is 12.1 Å². The van der Waals surface area contributed by atoms with E-state index in [0.29, 0.717) is 0 Å². The molecule has 3 rings (SSSR count). The number of benzene rings is 3. The molecule has 0 saturated carbocycles. The molecule has 0 atom stereocenters. The molecular weight excluding hydrogens is 706 g/mol. The van der Waals surface area contributed by atoms with E-state index < -0.39 is 20.8 Å². The van der Waals surface area contributed by atoms with Crippen molar-refractivity contribution in [3.63, 3.8) is 0 Å². The van der Waals surface area contributed by atoms with E-state index in [0.717, 1.165) is 12.1 Å². The number of halogens is 10. The second kappa shape index (κ2) is 12.5. The molecule has 0 radical (unpaired) electrons. The third kappa shape index (κ3) is 6.63. The van der Waals surface area contributed by atoms with Crippen molar-refractivity contribution in [1.29, 1.82) is 0 Å². The molecule has 0 aliphatic heterocycles. The standard InChI is InChI=1S/C18H4Cl10O5S.Na/c19-7-9(21)13(25)17(14(26)10(7)22)32-4-1-2-5(6(3-4)34(29,30)31)33-18-15(27)11(23)8(20)12(24)16(18)28;/h1-3H,(H,29,30,31);/q;+1/p-1. The van der Waals surface area contributed by atoms with Crippen LogP contribution in [0.4, 0.5) is 0 Å². The van der Waals surface area contributed by atoms with Gasteiger partial charge in [-0.25, -0.2) is 8.42 Å². The second-order valence-electron chi connectivity index (χ2n) is 6.06. The van der Waals surface area contributed by atoms with E-state index in [1.54, 1.807) is 0 Å². The molecule has 0 saturated heterocycles. The van der Waals surface area contributed by atoms with Gasteiger partial charge in [0.05, 0.1) is 30.1 Å². The maximum Gasteiger partial charge on any atom is 1.00 e. The molecule has 35 heavy (non-hydrogen) atoms. The first kappa shape index (κ1) is 32.3. The fraction of sp³-hybridized carbons (Fsp3) is 0. The quantitative estimate of drug-likeness (QED) is 0.118. The largest absolute Gasteiger partial charge is 1.00 e. The second-order valence-corrected chi connectivity index (χ2v) is 11.2. The molecule has 0 bridgehead atoms. The van der Waals surface area contributed by atoms with Crippen LogP contribution in [0.25, 0.3) is 0 Å². The summed E-state index contributed by atoms with van der Waals surface area (Å²) in [5.41, 5.74) is 0. The molecule has 0 fully saturated rings. The molecule has 0 spiro atoms. The van der Waals surface area contributed by atoms with Gasteiger partial charge < -0.3 is 14.0 Å². The van der Waals surface area contributed by atoms with E-state index in [1.165, 1.54) is 6.07 Å². The van der Waals surface area contributed by atoms with Gasteiger partial charge in [0.25, 0.3) is 0 Å². The minimum Gasteiger partial charge on any atom is -0.744 e. The SMILES string of the molecule is O=S(=O)([O-])c1cc(Oc2c(Cl)c(Cl)c(Cl)c(Cl)c2Cl)ccc1Oc1c(Cl)c(Cl)c(Cl)c(Cl)c1Cl.[Na+]. The van der Waals surface area contributed by atoms with Gasteiger partial charge >= 0.3 is 29.6 Å². The van der Waals surface area contributed by atoms with Gasteiger partial charge in [0.1, 0.15) is 46.6 Å². The molecule has 0 aromatic heterocycles. The van der Waals surface area contributed by atoms with Crippen molar-refractivity contribution in [3.05, 3.63) is 68.4 Å². The maximum atomic E-state index is 12.0. The van der Waals surface area contributed by atoms with Gasteiger partial charge in [-0.1, -0.05) is 116 Å². The molecule has 0 aliphatic rings. The van der Waals surface area contributed by atoms with Crippen molar-refractivity contribution < 1.29 is 52.0 Å². The number of hydrogen-bond acceptors (Lipinski definition) is 5. The summed E-state index contributed by atoms with van der Waals surface area (Å²) in [6, 6.07) is 3.12. The summed E-state index contributed by atoms with van der Waals surface area (Å²) < 4.78 is 46.9. The summed E-state index contributed by atoms with van der Waals surface area (Å²) in [7, 11) is -5.14. The van der Waals surface area contributed by atoms with Crippen LogP contribution in [0.3, 0.4) is 0 Å². The Morgan fingerprint density at radius 1 is 0.571 bits per heavy atom. The van der Waals surface area contributed by atoms with Crippen LogP contribution in [-0.2, 0) is 10.1 Å². The smallest absolute Gasteiger partial charge is 0.744 e. The Morgan fingerprint density at radius 3 is 1.29 bits per heavy atom. The zero-order valence-corrected chi connectivity index (χ0v) is 26.8. The van der Waals surface area contributed by atoms with Gasteiger partial charge in [-0.3, -0.25) is 0 Å². The van der Waals surface area contributed by atoms with Crippen LogP contribution in [-0.4, -0.2) is 13.0 Å². The summed E-state index contributed by atoms with van der Waals surface area (Å²) >= 11 is 60.3. The summed E-state index contributed by atoms with van der Waals surface area (Å²) in [6.45, 7) is 0. The summed E-state index contributed by atoms with van der Waals surface area (Å²) in [5.74, 6) is -1.27. The molecular formula is C18H3Cl10NaO5S. The molecule has 17 heteroatoms. The Balaban J connectivity index is 0.00000432. The van der Waals surface area contributed by atoms with Crippen LogP contribution in [0.2, 0.25) is 50.2 Å². The summed E-state index contributed by atoms with van der Waals surface area (Å²) in [4.78, 5) is -0.863. The van der Waals surface area contributed by atoms with Crippen molar-refractivity contribution in [2.24, 2.45) is 0 Å². The van der Waals surface area contributed by atoms with Crippen molar-refractivity contribution in [3.8, 4) is 23.0 Å². The van der Waals surface area contributed by atoms with Crippen molar-refractivity contribution >= 4 is 126 Å². The van der Waals surface area contributed by atoms with Crippen LogP contribution in [0.15, 0.2) is 23.1 Å². The monoisotopic (exact) mass is 704 g/mol. The Labute approximate surface area is 271 Å². The average molecular weight is 709 g/mol. The van der Waals surface area contributed by atoms with Gasteiger partial charge in [0.15, 0.2) is 11.5 Å². The number of rotatable bonds is 5. The van der Waals surface area contributed by atoms with E-state index in [2.05, 4.69) is 0 Å². The van der Waals surface area contributed by atoms with Gasteiger partial charge in [-0.2, -0.15) is 0 Å². The third-order valence-electron chi connectivity index (χ3n) is 3.96. The first-order valence-corrected chi connectivity index (χ1v) is 13.3. The van der Waals surface area contributed by atoms with Crippen LogP contribution >= 0.6 is 116 Å². The van der Waals surface area contributed by atoms with Crippen LogP contribution in [0.5, 0.6) is 23.0 Å². The molecule has 0 unspecified atom stereocenters. The third-order valence-corrected chi connectivity index (χ3v) is 9.30. The van der Waals surface area contributed by atoms with E-state index in [1.807, 2.05) is 0 Å². The maximum absolute atomic E-state index is 12.0. The van der Waals surface area contributed by atoms with Crippen molar-refractivity contribution in [2.45, 2.75) is 4.90 Å². The summed E-state index contributed by atoms with van der Waals surface area (Å²) in [6.07, 6.45) is 0. The minimum atomic E-state index is -5.14. The Morgan fingerprint density at radius 2 is 0.914 bits per heavy atom. The predicted octanol–water partition coefficient (Wildman–Crippen LogP) is 7.71. The molecule has 0 amide bonds. The summed E-state index contributed by atoms with van der Waals surface area (Å²) in [5, 5.41) is -1.99. The van der Waals surface area contributed by atoms with E-state index in [9.17, 15) is 13.0 Å². The van der Waals surface area contributed by atoms with Crippen molar-refractivity contribution in [1.82, 2.24) is 0 Å². The zero-order chi connectivity index (χ0) is 25.7. The van der Waals surface area contributed by atoms with Gasteiger partial charge in [0, 0.05) is 6.07 Å². The Hall–Kier alpha value is 1.07. The fourth-order valence-corrected chi connectivity index (χ4v) is 5.42. The van der Waals surface area contributed by atoms with Crippen LogP contribution in [0, 0.1) is 0 Å².